The Hall–Kier alpha value is -1.37. The van der Waals surface area contributed by atoms with Gasteiger partial charge in [-0.3, -0.25) is 4.99 Å². The smallest absolute Gasteiger partial charge is 0.0276 e. The van der Waals surface area contributed by atoms with Gasteiger partial charge in [-0.15, -0.1) is 0 Å². The number of rotatable bonds is 8. The van der Waals surface area contributed by atoms with Crippen LogP contribution >= 0.6 is 0 Å². The second-order valence-electron chi connectivity index (χ2n) is 7.36. The van der Waals surface area contributed by atoms with Gasteiger partial charge in [0, 0.05) is 19.2 Å². The molecule has 0 bridgehead atoms. The zero-order valence-electron chi connectivity index (χ0n) is 16.0. The minimum absolute atomic E-state index is 0.505. The van der Waals surface area contributed by atoms with Crippen LogP contribution in [0.1, 0.15) is 60.3 Å². The van der Waals surface area contributed by atoms with Gasteiger partial charge in [-0.2, -0.15) is 0 Å². The van der Waals surface area contributed by atoms with Gasteiger partial charge in [-0.1, -0.05) is 75.3 Å². The van der Waals surface area contributed by atoms with E-state index in [4.69, 9.17) is 0 Å². The van der Waals surface area contributed by atoms with Gasteiger partial charge in [0.2, 0.25) is 0 Å². The molecular formula is C22H35N. The number of allylic oxidation sites excluding steroid dienone is 8. The summed E-state index contributed by atoms with van der Waals surface area (Å²) < 4.78 is 0. The highest BCUT2D eigenvalue weighted by molar-refractivity contribution is 5.88. The van der Waals surface area contributed by atoms with Gasteiger partial charge < -0.3 is 0 Å². The molecule has 128 valence electrons. The summed E-state index contributed by atoms with van der Waals surface area (Å²) in [5, 5.41) is 0. The summed E-state index contributed by atoms with van der Waals surface area (Å²) in [7, 11) is 1.93. The molecule has 0 aromatic carbocycles. The lowest BCUT2D eigenvalue weighted by molar-refractivity contribution is 0.663. The van der Waals surface area contributed by atoms with Crippen LogP contribution in [0.5, 0.6) is 0 Å². The Morgan fingerprint density at radius 2 is 2.09 bits per heavy atom. The SMILES string of the molecule is C/N=C(\C/C=C(C)\C=C/CC(C)C)C(C)CC1=CC(C)CC=C1. The lowest BCUT2D eigenvalue weighted by Gasteiger charge is -2.18. The Morgan fingerprint density at radius 1 is 1.35 bits per heavy atom. The van der Waals surface area contributed by atoms with Crippen molar-refractivity contribution in [1.82, 2.24) is 0 Å². The fraction of sp³-hybridized carbons (Fsp3) is 0.591. The number of nitrogens with zero attached hydrogens (tertiary/aromatic N) is 1. The average molecular weight is 314 g/mol. The summed E-state index contributed by atoms with van der Waals surface area (Å²) in [6, 6.07) is 0. The molecule has 1 heteroatoms. The van der Waals surface area contributed by atoms with Gasteiger partial charge in [0.15, 0.2) is 0 Å². The minimum atomic E-state index is 0.505. The molecule has 0 saturated carbocycles. The molecule has 1 aliphatic rings. The van der Waals surface area contributed by atoms with Crippen LogP contribution in [0.15, 0.2) is 52.6 Å². The number of aliphatic imine (C=N–C) groups is 1. The van der Waals surface area contributed by atoms with E-state index in [1.54, 1.807) is 0 Å². The Bertz CT molecular complexity index is 500. The summed E-state index contributed by atoms with van der Waals surface area (Å²) >= 11 is 0. The second-order valence-corrected chi connectivity index (χ2v) is 7.36. The molecular weight excluding hydrogens is 278 g/mol. The molecule has 0 radical (unpaired) electrons. The van der Waals surface area contributed by atoms with E-state index in [-0.39, 0.29) is 0 Å². The largest absolute Gasteiger partial charge is 0.297 e. The Kier molecular flexibility index (Phi) is 8.91. The van der Waals surface area contributed by atoms with Crippen molar-refractivity contribution in [2.75, 3.05) is 7.05 Å². The van der Waals surface area contributed by atoms with Crippen LogP contribution in [0.2, 0.25) is 0 Å². The van der Waals surface area contributed by atoms with E-state index in [1.165, 1.54) is 23.3 Å². The minimum Gasteiger partial charge on any atom is -0.297 e. The van der Waals surface area contributed by atoms with Gasteiger partial charge in [-0.25, -0.2) is 0 Å². The summed E-state index contributed by atoms with van der Waals surface area (Å²) in [6.07, 6.45) is 18.2. The monoisotopic (exact) mass is 313 g/mol. The zero-order valence-corrected chi connectivity index (χ0v) is 16.0. The lowest BCUT2D eigenvalue weighted by atomic mass is 9.89. The molecule has 0 amide bonds. The van der Waals surface area contributed by atoms with Crippen molar-refractivity contribution in [2.45, 2.75) is 60.3 Å². The molecule has 1 rings (SSSR count). The van der Waals surface area contributed by atoms with Crippen LogP contribution in [0, 0.1) is 17.8 Å². The quantitative estimate of drug-likeness (QED) is 0.356. The summed E-state index contributed by atoms with van der Waals surface area (Å²) in [5.41, 5.74) is 4.11. The zero-order chi connectivity index (χ0) is 17.2. The van der Waals surface area contributed by atoms with Crippen LogP contribution < -0.4 is 0 Å². The molecule has 2 unspecified atom stereocenters. The maximum Gasteiger partial charge on any atom is 0.0276 e. The standard InChI is InChI=1S/C22H35N/c1-17(2)9-7-10-18(3)13-14-22(23-6)20(5)16-21-12-8-11-19(4)15-21/h7-8,10,12-13,15,17,19-20H,9,11,14,16H2,1-6H3/b10-7-,18-13-,23-22+. The molecule has 0 aromatic heterocycles. The van der Waals surface area contributed by atoms with Crippen molar-refractivity contribution in [2.24, 2.45) is 22.7 Å². The molecule has 0 heterocycles. The van der Waals surface area contributed by atoms with E-state index in [2.05, 4.69) is 76.1 Å². The summed E-state index contributed by atoms with van der Waals surface area (Å²) in [5.74, 6) is 1.91. The molecule has 0 aromatic rings. The fourth-order valence-corrected chi connectivity index (χ4v) is 2.90. The highest BCUT2D eigenvalue weighted by Gasteiger charge is 2.12. The Balaban J connectivity index is 2.56. The Morgan fingerprint density at radius 3 is 2.70 bits per heavy atom. The van der Waals surface area contributed by atoms with E-state index in [9.17, 15) is 0 Å². The fourth-order valence-electron chi connectivity index (χ4n) is 2.90. The lowest BCUT2D eigenvalue weighted by Crippen LogP contribution is -2.12. The molecule has 0 saturated heterocycles. The molecule has 23 heavy (non-hydrogen) atoms. The third-order valence-electron chi connectivity index (χ3n) is 4.36. The third kappa shape index (κ3) is 8.16. The first kappa shape index (κ1) is 19.7. The predicted octanol–water partition coefficient (Wildman–Crippen LogP) is 6.54. The Labute approximate surface area is 144 Å². The second kappa shape index (κ2) is 10.4. The van der Waals surface area contributed by atoms with Crippen molar-refractivity contribution >= 4 is 5.71 Å². The summed E-state index contributed by atoms with van der Waals surface area (Å²) in [4.78, 5) is 4.55. The summed E-state index contributed by atoms with van der Waals surface area (Å²) in [6.45, 7) is 11.3. The van der Waals surface area contributed by atoms with E-state index >= 15 is 0 Å². The first-order valence-corrected chi connectivity index (χ1v) is 9.08. The van der Waals surface area contributed by atoms with Crippen LogP contribution in [0.3, 0.4) is 0 Å². The molecule has 1 aliphatic carbocycles. The van der Waals surface area contributed by atoms with Crippen LogP contribution in [-0.4, -0.2) is 12.8 Å². The van der Waals surface area contributed by atoms with Gasteiger partial charge in [0.1, 0.15) is 0 Å². The molecule has 2 atom stereocenters. The van der Waals surface area contributed by atoms with Crippen molar-refractivity contribution < 1.29 is 0 Å². The average Bonchev–Trinajstić information content (AvgIpc) is 2.47. The van der Waals surface area contributed by atoms with E-state index in [0.29, 0.717) is 11.8 Å². The number of hydrogen-bond acceptors (Lipinski definition) is 1. The van der Waals surface area contributed by atoms with E-state index < -0.39 is 0 Å². The highest BCUT2D eigenvalue weighted by atomic mass is 14.7. The maximum absolute atomic E-state index is 4.55. The van der Waals surface area contributed by atoms with E-state index in [0.717, 1.165) is 25.2 Å². The molecule has 0 aliphatic heterocycles. The van der Waals surface area contributed by atoms with Gasteiger partial charge >= 0.3 is 0 Å². The number of hydrogen-bond donors (Lipinski definition) is 0. The first-order valence-electron chi connectivity index (χ1n) is 9.08. The predicted molar refractivity (Wildman–Crippen MR) is 105 cm³/mol. The van der Waals surface area contributed by atoms with Gasteiger partial charge in [0.25, 0.3) is 0 Å². The molecule has 0 spiro atoms. The van der Waals surface area contributed by atoms with Crippen molar-refractivity contribution in [1.29, 1.82) is 0 Å². The van der Waals surface area contributed by atoms with Crippen molar-refractivity contribution in [3.8, 4) is 0 Å². The van der Waals surface area contributed by atoms with Crippen LogP contribution in [-0.2, 0) is 0 Å². The van der Waals surface area contributed by atoms with Crippen molar-refractivity contribution in [3.05, 3.63) is 47.6 Å². The van der Waals surface area contributed by atoms with Gasteiger partial charge in [0.05, 0.1) is 0 Å². The van der Waals surface area contributed by atoms with E-state index in [1.807, 2.05) is 7.05 Å². The van der Waals surface area contributed by atoms with Crippen molar-refractivity contribution in [3.63, 3.8) is 0 Å². The topological polar surface area (TPSA) is 12.4 Å². The van der Waals surface area contributed by atoms with Crippen LogP contribution in [0.25, 0.3) is 0 Å². The molecule has 0 N–H and O–H groups in total. The normalized spacial score (nSPS) is 21.2. The molecule has 1 nitrogen and oxygen atoms in total. The van der Waals surface area contributed by atoms with Crippen LogP contribution in [0.4, 0.5) is 0 Å². The van der Waals surface area contributed by atoms with Gasteiger partial charge in [-0.05, 0) is 43.9 Å². The maximum atomic E-state index is 4.55. The first-order chi connectivity index (χ1) is 10.9. The highest BCUT2D eigenvalue weighted by Crippen LogP contribution is 2.23. The third-order valence-corrected chi connectivity index (χ3v) is 4.36. The molecule has 0 fully saturated rings.